The minimum Gasteiger partial charge on any atom is -0.450 e. The van der Waals surface area contributed by atoms with Gasteiger partial charge in [-0.25, -0.2) is 4.79 Å². The van der Waals surface area contributed by atoms with Crippen LogP contribution in [0.3, 0.4) is 0 Å². The van der Waals surface area contributed by atoms with E-state index in [0.717, 1.165) is 26.1 Å². The Morgan fingerprint density at radius 2 is 0.947 bits per heavy atom. The summed E-state index contributed by atoms with van der Waals surface area (Å²) in [6, 6.07) is -6.71. The molecule has 1 aliphatic heterocycles. The molecule has 0 radical (unpaired) electrons. The Kier molecular flexibility index (Phi) is 33.8. The fraction of sp³-hybridized carbons (Fsp3) is 0.768. The number of nitrogens with zero attached hydrogens (tertiary/aromatic N) is 7. The number of nitrogens with one attached hydrogen (secondary N) is 4. The fourth-order valence-corrected chi connectivity index (χ4v) is 11.8. The summed E-state index contributed by atoms with van der Waals surface area (Å²) < 4.78 is 5.91. The topological polar surface area (TPSA) is 318 Å². The van der Waals surface area contributed by atoms with Crippen molar-refractivity contribution in [3.8, 4) is 0 Å². The molecule has 2 rings (SSSR count). The zero-order valence-corrected chi connectivity index (χ0v) is 61.1. The summed E-state index contributed by atoms with van der Waals surface area (Å²) >= 11 is 0. The minimum absolute atomic E-state index is 0.0735. The van der Waals surface area contributed by atoms with Crippen molar-refractivity contribution >= 4 is 65.0 Å². The van der Waals surface area contributed by atoms with Gasteiger partial charge in [-0.2, -0.15) is 0 Å². The number of aryl methyl sites for hydroxylation is 2. The maximum atomic E-state index is 15.3. The van der Waals surface area contributed by atoms with Gasteiger partial charge in [0.25, 0.3) is 5.91 Å². The van der Waals surface area contributed by atoms with Crippen molar-refractivity contribution in [2.75, 3.05) is 48.8 Å². The number of aromatic nitrogens is 1. The Labute approximate surface area is 560 Å². The number of likely N-dealkylation sites (N-methyl/N-ethyl adjacent to an activating group) is 6. The summed E-state index contributed by atoms with van der Waals surface area (Å²) in [7, 11) is 8.16. The number of aliphatic hydroxyl groups excluding tert-OH is 2. The molecule has 0 aromatic carbocycles. The highest BCUT2D eigenvalue weighted by Gasteiger charge is 2.46. The van der Waals surface area contributed by atoms with E-state index in [1.54, 1.807) is 34.6 Å². The first-order valence-electron chi connectivity index (χ1n) is 33.7. The lowest BCUT2D eigenvalue weighted by atomic mass is 9.90. The van der Waals surface area contributed by atoms with Gasteiger partial charge >= 0.3 is 5.97 Å². The molecule has 2 heterocycles. The van der Waals surface area contributed by atoms with Crippen LogP contribution in [0.15, 0.2) is 18.2 Å². The molecule has 0 saturated carbocycles. The number of rotatable bonds is 19. The van der Waals surface area contributed by atoms with Crippen LogP contribution in [0.4, 0.5) is 0 Å². The van der Waals surface area contributed by atoms with E-state index in [4.69, 9.17) is 4.74 Å². The van der Waals surface area contributed by atoms with Crippen LogP contribution in [0.5, 0.6) is 0 Å². The number of hydrogen-bond donors (Lipinski definition) is 6. The van der Waals surface area contributed by atoms with Crippen LogP contribution in [0.2, 0.25) is 0 Å². The summed E-state index contributed by atoms with van der Waals surface area (Å²) in [4.78, 5) is 173. The zero-order chi connectivity index (χ0) is 72.2. The van der Waals surface area contributed by atoms with Crippen molar-refractivity contribution < 1.29 is 67.7 Å². The summed E-state index contributed by atoms with van der Waals surface area (Å²) in [6.07, 6.45) is -2.83. The second kappa shape index (κ2) is 38.1. The molecule has 10 amide bonds. The van der Waals surface area contributed by atoms with Crippen LogP contribution in [0.1, 0.15) is 174 Å². The lowest BCUT2D eigenvalue weighted by Gasteiger charge is -2.40. The van der Waals surface area contributed by atoms with E-state index in [1.165, 1.54) is 70.8 Å². The van der Waals surface area contributed by atoms with E-state index < -0.39 is 162 Å². The van der Waals surface area contributed by atoms with E-state index in [9.17, 15) is 48.6 Å². The minimum atomic E-state index is -1.77. The summed E-state index contributed by atoms with van der Waals surface area (Å²) in [5, 5.41) is 34.8. The number of carbonyl (C=O) groups is 11. The van der Waals surface area contributed by atoms with Gasteiger partial charge in [-0.05, 0) is 132 Å². The van der Waals surface area contributed by atoms with Crippen molar-refractivity contribution in [3.63, 3.8) is 0 Å². The van der Waals surface area contributed by atoms with Crippen LogP contribution in [0, 0.1) is 54.3 Å². The number of ether oxygens (including phenoxy) is 1. The van der Waals surface area contributed by atoms with Gasteiger partial charge in [0.05, 0.1) is 18.8 Å². The number of pyridine rings is 1. The second-order valence-electron chi connectivity index (χ2n) is 29.1. The van der Waals surface area contributed by atoms with E-state index in [2.05, 4.69) is 26.3 Å². The zero-order valence-electron chi connectivity index (χ0n) is 61.1. The van der Waals surface area contributed by atoms with Gasteiger partial charge in [-0.1, -0.05) is 110 Å². The molecule has 94 heavy (non-hydrogen) atoms. The standard InChI is InChI=1S/C69H119N11O14/c1-37(2)31-49-64(88)77(21)52(34-40(7)8)60(84)71-46(17)69(93)94-59(43(13)14)68(92)78(22)53(35-41(9)10)62(86)73-50(32-38(3)4)65(89)79(23)56(42(11)12)67(91)80(24)57(58(83)44(15)27-25-29-48-30-26-28-45(16)70-48)63(87)74-55(47(18)81)66(90)75(19)36-54(82)76(20)51(33-39(5)6)61(85)72-49/h26,28,30,37-44,46-47,49-53,55-59,81,83H,25,27,29,31-36H2,1-24H3,(H,71,84)(H,72,85)(H,73,86)(H,74,87)/t44-,46+,47-,49+,50+,51+,52+,53-,55+,56+,57+,58-,59-/m1/s1. The van der Waals surface area contributed by atoms with Gasteiger partial charge < -0.3 is 65.6 Å². The van der Waals surface area contributed by atoms with Crippen molar-refractivity contribution in [2.24, 2.45) is 47.3 Å². The first-order valence-corrected chi connectivity index (χ1v) is 33.7. The molecule has 1 fully saturated rings. The van der Waals surface area contributed by atoms with Crippen LogP contribution in [-0.2, 0) is 63.9 Å². The van der Waals surface area contributed by atoms with Crippen LogP contribution in [0.25, 0.3) is 0 Å². The molecule has 25 heteroatoms. The molecule has 1 aromatic heterocycles. The molecule has 0 spiro atoms. The second-order valence-corrected chi connectivity index (χ2v) is 29.1. The molecule has 6 N–H and O–H groups in total. The lowest BCUT2D eigenvalue weighted by molar-refractivity contribution is -0.166. The molecule has 13 atom stereocenters. The highest BCUT2D eigenvalue weighted by molar-refractivity contribution is 5.99. The average molecular weight is 1330 g/mol. The number of hydrogen-bond acceptors (Lipinski definition) is 15. The number of carbonyl (C=O) groups excluding carboxylic acids is 11. The Morgan fingerprint density at radius 1 is 0.511 bits per heavy atom. The van der Waals surface area contributed by atoms with E-state index in [0.29, 0.717) is 19.3 Å². The van der Waals surface area contributed by atoms with Crippen LogP contribution >= 0.6 is 0 Å². The van der Waals surface area contributed by atoms with Gasteiger partial charge in [-0.15, -0.1) is 0 Å². The lowest BCUT2D eigenvalue weighted by Crippen LogP contribution is -2.64. The monoisotopic (exact) mass is 1330 g/mol. The molecule has 1 saturated heterocycles. The molecular formula is C69H119N11O14. The smallest absolute Gasteiger partial charge is 0.329 e. The summed E-state index contributed by atoms with van der Waals surface area (Å²) in [5.74, 6) is -11.6. The Hall–Kier alpha value is -6.76. The predicted molar refractivity (Wildman–Crippen MR) is 359 cm³/mol. The van der Waals surface area contributed by atoms with Gasteiger partial charge in [0, 0.05) is 53.7 Å². The third-order valence-electron chi connectivity index (χ3n) is 17.4. The fourth-order valence-electron chi connectivity index (χ4n) is 11.8. The molecule has 1 aliphatic rings. The number of aliphatic hydroxyl groups is 2. The highest BCUT2D eigenvalue weighted by Crippen LogP contribution is 2.26. The van der Waals surface area contributed by atoms with E-state index in [-0.39, 0.29) is 61.7 Å². The van der Waals surface area contributed by atoms with E-state index in [1.807, 2.05) is 94.4 Å². The van der Waals surface area contributed by atoms with Crippen molar-refractivity contribution in [2.45, 2.75) is 249 Å². The van der Waals surface area contributed by atoms with Gasteiger partial charge in [-0.3, -0.25) is 52.9 Å². The quantitative estimate of drug-likeness (QED) is 0.106. The van der Waals surface area contributed by atoms with Gasteiger partial charge in [0.2, 0.25) is 53.2 Å². The molecule has 0 bridgehead atoms. The molecule has 534 valence electrons. The van der Waals surface area contributed by atoms with E-state index >= 15 is 14.4 Å². The molecular weight excluding hydrogens is 1210 g/mol. The highest BCUT2D eigenvalue weighted by atomic mass is 16.6. The molecule has 25 nitrogen and oxygen atoms in total. The maximum Gasteiger partial charge on any atom is 0.329 e. The average Bonchev–Trinajstić information content (AvgIpc) is 0.812. The van der Waals surface area contributed by atoms with Crippen molar-refractivity contribution in [1.82, 2.24) is 55.7 Å². The third kappa shape index (κ3) is 24.5. The Morgan fingerprint density at radius 3 is 1.38 bits per heavy atom. The first-order chi connectivity index (χ1) is 43.5. The molecule has 0 aliphatic carbocycles. The maximum absolute atomic E-state index is 15.3. The van der Waals surface area contributed by atoms with Crippen molar-refractivity contribution in [1.29, 1.82) is 0 Å². The predicted octanol–water partition coefficient (Wildman–Crippen LogP) is 4.11. The van der Waals surface area contributed by atoms with Gasteiger partial charge in [0.15, 0.2) is 6.10 Å². The summed E-state index contributed by atoms with van der Waals surface area (Å²) in [6.45, 7) is 30.6. The van der Waals surface area contributed by atoms with Gasteiger partial charge in [0.1, 0.15) is 54.4 Å². The Balaban J connectivity index is 3.03. The first kappa shape index (κ1) is 83.3. The SMILES string of the molecule is Cc1cccc(CCC[C@@H](C)[C@@H](O)[C@H]2C(=O)N[C@@H]([C@@H](C)O)C(=O)N(C)CC(=O)N(C)[C@@H](CC(C)C)C(=O)N[C@@H](CC(C)C)C(=O)N(C)[C@@H](CC(C)C)C(=O)N[C@@H](C)C(=O)O[C@H](C(C)C)C(=O)N(C)[C@H](CC(C)C)C(=O)N[C@@H](CC(C)C)C(=O)N(C)[C@@H](C(C)C)C(=O)N2C)n1. The summed E-state index contributed by atoms with van der Waals surface area (Å²) in [5.41, 5.74) is 1.63. The van der Waals surface area contributed by atoms with Crippen LogP contribution < -0.4 is 21.3 Å². The largest absolute Gasteiger partial charge is 0.450 e. The Bertz CT molecular complexity index is 2720. The normalized spacial score (nSPS) is 25.6. The third-order valence-corrected chi connectivity index (χ3v) is 17.4. The van der Waals surface area contributed by atoms with Crippen LogP contribution in [-0.4, -0.2) is 231 Å². The number of amides is 10. The molecule has 1 aromatic rings. The number of esters is 1. The van der Waals surface area contributed by atoms with Crippen molar-refractivity contribution in [3.05, 3.63) is 29.6 Å². The number of cyclic esters (lactones) is 1. The molecule has 0 unspecified atom stereocenters.